The second kappa shape index (κ2) is 7.25. The van der Waals surface area contributed by atoms with Gasteiger partial charge in [-0.3, -0.25) is 0 Å². The summed E-state index contributed by atoms with van der Waals surface area (Å²) in [6, 6.07) is 0. The zero-order valence-corrected chi connectivity index (χ0v) is 12.5. The highest BCUT2D eigenvalue weighted by molar-refractivity contribution is 5.39. The molecule has 1 nitrogen and oxygen atoms in total. The van der Waals surface area contributed by atoms with Crippen molar-refractivity contribution in [2.24, 2.45) is 11.8 Å². The summed E-state index contributed by atoms with van der Waals surface area (Å²) in [7, 11) is 1.94. The SMILES string of the molecule is CC/C=C(\C=C/NC)CC1=CC=C(C(C)C)C1C. The third-order valence-corrected chi connectivity index (χ3v) is 3.55. The van der Waals surface area contributed by atoms with E-state index in [0.717, 1.165) is 12.8 Å². The summed E-state index contributed by atoms with van der Waals surface area (Å²) in [5.74, 6) is 1.26. The molecule has 0 amide bonds. The van der Waals surface area contributed by atoms with E-state index in [1.807, 2.05) is 13.2 Å². The molecule has 100 valence electrons. The molecule has 0 aromatic rings. The van der Waals surface area contributed by atoms with Crippen LogP contribution in [0.4, 0.5) is 0 Å². The summed E-state index contributed by atoms with van der Waals surface area (Å²) in [5.41, 5.74) is 4.51. The Morgan fingerprint density at radius 2 is 2.11 bits per heavy atom. The average molecular weight is 245 g/mol. The number of rotatable bonds is 6. The van der Waals surface area contributed by atoms with Gasteiger partial charge in [0.1, 0.15) is 0 Å². The number of hydrogen-bond donors (Lipinski definition) is 1. The van der Waals surface area contributed by atoms with E-state index in [2.05, 4.69) is 57.3 Å². The molecular weight excluding hydrogens is 218 g/mol. The topological polar surface area (TPSA) is 12.0 Å². The Hall–Kier alpha value is -1.24. The van der Waals surface area contributed by atoms with Gasteiger partial charge in [-0.25, -0.2) is 0 Å². The minimum absolute atomic E-state index is 0.605. The largest absolute Gasteiger partial charge is 0.394 e. The van der Waals surface area contributed by atoms with Crippen molar-refractivity contribution in [2.75, 3.05) is 7.05 Å². The highest BCUT2D eigenvalue weighted by Crippen LogP contribution is 2.35. The van der Waals surface area contributed by atoms with Crippen LogP contribution in [0.2, 0.25) is 0 Å². The van der Waals surface area contributed by atoms with Crippen LogP contribution in [0, 0.1) is 11.8 Å². The first-order valence-electron chi connectivity index (χ1n) is 7.03. The van der Waals surface area contributed by atoms with E-state index in [0.29, 0.717) is 11.8 Å². The molecule has 1 unspecified atom stereocenters. The van der Waals surface area contributed by atoms with Crippen molar-refractivity contribution >= 4 is 0 Å². The number of hydrogen-bond acceptors (Lipinski definition) is 1. The molecule has 1 N–H and O–H groups in total. The summed E-state index contributed by atoms with van der Waals surface area (Å²) in [5, 5.41) is 3.07. The lowest BCUT2D eigenvalue weighted by Crippen LogP contribution is -2.05. The van der Waals surface area contributed by atoms with Gasteiger partial charge in [0.25, 0.3) is 0 Å². The second-order valence-corrected chi connectivity index (χ2v) is 5.27. The monoisotopic (exact) mass is 245 g/mol. The Labute approximate surface area is 112 Å². The third-order valence-electron chi connectivity index (χ3n) is 3.55. The van der Waals surface area contributed by atoms with E-state index >= 15 is 0 Å². The normalized spacial score (nSPS) is 20.6. The lowest BCUT2D eigenvalue weighted by molar-refractivity contribution is 0.647. The molecule has 0 saturated heterocycles. The van der Waals surface area contributed by atoms with E-state index in [4.69, 9.17) is 0 Å². The van der Waals surface area contributed by atoms with Crippen molar-refractivity contribution in [1.82, 2.24) is 5.32 Å². The molecule has 0 spiro atoms. The predicted molar refractivity (Wildman–Crippen MR) is 81.4 cm³/mol. The van der Waals surface area contributed by atoms with E-state index in [9.17, 15) is 0 Å². The van der Waals surface area contributed by atoms with Crippen LogP contribution in [0.1, 0.15) is 40.5 Å². The highest BCUT2D eigenvalue weighted by Gasteiger charge is 2.20. The van der Waals surface area contributed by atoms with Crippen LogP contribution in [0.5, 0.6) is 0 Å². The lowest BCUT2D eigenvalue weighted by Gasteiger charge is -2.18. The van der Waals surface area contributed by atoms with Crippen LogP contribution in [0.3, 0.4) is 0 Å². The van der Waals surface area contributed by atoms with Gasteiger partial charge in [-0.15, -0.1) is 0 Å². The van der Waals surface area contributed by atoms with Crippen molar-refractivity contribution in [3.63, 3.8) is 0 Å². The lowest BCUT2D eigenvalue weighted by atomic mass is 9.87. The Balaban J connectivity index is 2.69. The van der Waals surface area contributed by atoms with Crippen LogP contribution in [-0.4, -0.2) is 7.05 Å². The van der Waals surface area contributed by atoms with Gasteiger partial charge in [0.15, 0.2) is 0 Å². The molecule has 0 heterocycles. The number of allylic oxidation sites excluding steroid dienone is 7. The third kappa shape index (κ3) is 3.90. The van der Waals surface area contributed by atoms with Crippen molar-refractivity contribution in [1.29, 1.82) is 0 Å². The first kappa shape index (κ1) is 14.8. The van der Waals surface area contributed by atoms with E-state index in [1.165, 1.54) is 5.57 Å². The maximum Gasteiger partial charge on any atom is 0.00277 e. The van der Waals surface area contributed by atoms with Crippen molar-refractivity contribution in [2.45, 2.75) is 40.5 Å². The first-order valence-corrected chi connectivity index (χ1v) is 7.03. The maximum absolute atomic E-state index is 3.07. The van der Waals surface area contributed by atoms with Crippen molar-refractivity contribution in [3.05, 3.63) is 47.2 Å². The van der Waals surface area contributed by atoms with Gasteiger partial charge in [0.2, 0.25) is 0 Å². The van der Waals surface area contributed by atoms with Gasteiger partial charge in [-0.05, 0) is 42.5 Å². The molecule has 0 aliphatic heterocycles. The maximum atomic E-state index is 3.07. The molecular formula is C17H27N. The van der Waals surface area contributed by atoms with Crippen molar-refractivity contribution in [3.8, 4) is 0 Å². The summed E-state index contributed by atoms with van der Waals surface area (Å²) in [6.07, 6.45) is 13.3. The second-order valence-electron chi connectivity index (χ2n) is 5.27. The molecule has 1 aliphatic carbocycles. The fourth-order valence-corrected chi connectivity index (χ4v) is 2.50. The van der Waals surface area contributed by atoms with Crippen LogP contribution in [0.25, 0.3) is 0 Å². The molecule has 1 atom stereocenters. The molecule has 1 heteroatoms. The molecule has 0 aromatic carbocycles. The van der Waals surface area contributed by atoms with Crippen LogP contribution in [0.15, 0.2) is 47.2 Å². The van der Waals surface area contributed by atoms with Crippen LogP contribution < -0.4 is 5.32 Å². The Kier molecular flexibility index (Phi) is 5.97. The molecule has 0 aromatic heterocycles. The Morgan fingerprint density at radius 1 is 1.39 bits per heavy atom. The summed E-state index contributed by atoms with van der Waals surface area (Å²) >= 11 is 0. The zero-order valence-electron chi connectivity index (χ0n) is 12.5. The summed E-state index contributed by atoms with van der Waals surface area (Å²) in [4.78, 5) is 0. The highest BCUT2D eigenvalue weighted by atomic mass is 14.8. The van der Waals surface area contributed by atoms with Gasteiger partial charge >= 0.3 is 0 Å². The molecule has 0 bridgehead atoms. The molecule has 1 aliphatic rings. The van der Waals surface area contributed by atoms with E-state index in [1.54, 1.807) is 11.1 Å². The standard InChI is InChI=1S/C17H27N/c1-6-7-15(10-11-18-5)12-16-8-9-17(13(2)3)14(16)4/h7-11,13-14,18H,6,12H2,1-5H3/b11-10-,15-7+. The Bertz CT molecular complexity index is 380. The van der Waals surface area contributed by atoms with Crippen molar-refractivity contribution < 1.29 is 0 Å². The van der Waals surface area contributed by atoms with E-state index < -0.39 is 0 Å². The summed E-state index contributed by atoms with van der Waals surface area (Å²) in [6.45, 7) is 9.08. The quantitative estimate of drug-likeness (QED) is 0.674. The fraction of sp³-hybridized carbons (Fsp3) is 0.529. The zero-order chi connectivity index (χ0) is 13.5. The summed E-state index contributed by atoms with van der Waals surface area (Å²) < 4.78 is 0. The predicted octanol–water partition coefficient (Wildman–Crippen LogP) is 4.60. The Morgan fingerprint density at radius 3 is 2.61 bits per heavy atom. The van der Waals surface area contributed by atoms with Gasteiger partial charge in [-0.2, -0.15) is 0 Å². The van der Waals surface area contributed by atoms with Gasteiger partial charge in [0, 0.05) is 7.05 Å². The first-order chi connectivity index (χ1) is 8.60. The molecule has 18 heavy (non-hydrogen) atoms. The molecule has 1 rings (SSSR count). The smallest absolute Gasteiger partial charge is 0.00277 e. The molecule has 0 fully saturated rings. The fourth-order valence-electron chi connectivity index (χ4n) is 2.50. The van der Waals surface area contributed by atoms with Gasteiger partial charge in [0.05, 0.1) is 0 Å². The van der Waals surface area contributed by atoms with Crippen LogP contribution in [-0.2, 0) is 0 Å². The van der Waals surface area contributed by atoms with Gasteiger partial charge in [-0.1, -0.05) is 57.1 Å². The molecule has 0 radical (unpaired) electrons. The van der Waals surface area contributed by atoms with Crippen LogP contribution >= 0.6 is 0 Å². The van der Waals surface area contributed by atoms with E-state index in [-0.39, 0.29) is 0 Å². The minimum Gasteiger partial charge on any atom is -0.394 e. The average Bonchev–Trinajstić information content (AvgIpc) is 2.68. The molecule has 0 saturated carbocycles. The number of nitrogens with one attached hydrogen (secondary N) is 1. The minimum atomic E-state index is 0.605. The van der Waals surface area contributed by atoms with Gasteiger partial charge < -0.3 is 5.32 Å².